The molecule has 0 bridgehead atoms. The molecule has 0 aliphatic carbocycles. The van der Waals surface area contributed by atoms with E-state index in [1.165, 1.54) is 7.11 Å². The molecule has 0 amide bonds. The van der Waals surface area contributed by atoms with Crippen molar-refractivity contribution in [1.82, 2.24) is 0 Å². The van der Waals surface area contributed by atoms with Gasteiger partial charge < -0.3 is 9.58 Å². The van der Waals surface area contributed by atoms with Gasteiger partial charge in [0.25, 0.3) is 0 Å². The van der Waals surface area contributed by atoms with Crippen molar-refractivity contribution in [1.29, 1.82) is 0 Å². The Morgan fingerprint density at radius 2 is 2.13 bits per heavy atom. The summed E-state index contributed by atoms with van der Waals surface area (Å²) in [4.78, 5) is 14.4. The van der Waals surface area contributed by atoms with Crippen molar-refractivity contribution < 1.29 is 9.53 Å². The topological polar surface area (TPSA) is 30.7 Å². The van der Waals surface area contributed by atoms with Gasteiger partial charge in [0.2, 0.25) is 0 Å². The fraction of sp³-hybridized carbons (Fsp3) is 0.333. The number of methoxy groups -OCH3 is 1. The quantitative estimate of drug-likeness (QED) is 0.554. The van der Waals surface area contributed by atoms with E-state index < -0.39 is 12.0 Å². The van der Waals surface area contributed by atoms with E-state index in [1.54, 1.807) is 0 Å². The van der Waals surface area contributed by atoms with Crippen LogP contribution in [0.2, 0.25) is 0 Å². The molecule has 1 rings (SSSR count). The van der Waals surface area contributed by atoms with Crippen LogP contribution < -0.4 is 0 Å². The number of ether oxygens (including phenoxy) is 1. The van der Waals surface area contributed by atoms with Crippen LogP contribution in [0.1, 0.15) is 12.0 Å². The highest BCUT2D eigenvalue weighted by atomic mass is 16.5. The average molecular weight is 203 g/mol. The number of hydrogen-bond acceptors (Lipinski definition) is 2. The van der Waals surface area contributed by atoms with E-state index >= 15 is 0 Å². The molecule has 78 valence electrons. The fourth-order valence-corrected chi connectivity index (χ4v) is 1.32. The molecule has 0 heterocycles. The summed E-state index contributed by atoms with van der Waals surface area (Å²) >= 11 is 0. The second-order valence-corrected chi connectivity index (χ2v) is 3.19. The molecule has 1 aromatic carbocycles. The Hall–Kier alpha value is -1.82. The lowest BCUT2D eigenvalue weighted by molar-refractivity contribution is -0.141. The van der Waals surface area contributed by atoms with Gasteiger partial charge in [0.05, 0.1) is 7.11 Å². The smallest absolute Gasteiger partial charge is 0.389 e. The molecular formula is C12H13NO2. The van der Waals surface area contributed by atoms with Crippen LogP contribution in [-0.2, 0) is 16.0 Å². The van der Waals surface area contributed by atoms with Crippen LogP contribution in [0.3, 0.4) is 0 Å². The van der Waals surface area contributed by atoms with E-state index in [9.17, 15) is 4.79 Å². The van der Waals surface area contributed by atoms with E-state index in [1.807, 2.05) is 30.3 Å². The number of hydrogen-bond donors (Lipinski definition) is 0. The highest BCUT2D eigenvalue weighted by Crippen LogP contribution is 2.08. The molecule has 1 aromatic rings. The highest BCUT2D eigenvalue weighted by Gasteiger charge is 2.23. The molecule has 0 aliphatic heterocycles. The fourth-order valence-electron chi connectivity index (χ4n) is 1.32. The van der Waals surface area contributed by atoms with Gasteiger partial charge >= 0.3 is 12.0 Å². The summed E-state index contributed by atoms with van der Waals surface area (Å²) in [6.45, 7) is 6.88. The summed E-state index contributed by atoms with van der Waals surface area (Å²) < 4.78 is 4.54. The van der Waals surface area contributed by atoms with Crippen molar-refractivity contribution in [3.63, 3.8) is 0 Å². The van der Waals surface area contributed by atoms with Gasteiger partial charge in [-0.2, -0.15) is 0 Å². The van der Waals surface area contributed by atoms with Gasteiger partial charge in [-0.1, -0.05) is 30.3 Å². The molecule has 15 heavy (non-hydrogen) atoms. The van der Waals surface area contributed by atoms with Crippen LogP contribution in [0.15, 0.2) is 30.3 Å². The Labute approximate surface area is 89.5 Å². The Balaban J connectivity index is 2.49. The number of benzene rings is 1. The minimum atomic E-state index is -0.671. The number of carbonyl (C=O) groups excluding carboxylic acids is 1. The van der Waals surface area contributed by atoms with Gasteiger partial charge in [0.15, 0.2) is 0 Å². The van der Waals surface area contributed by atoms with Gasteiger partial charge in [-0.3, -0.25) is 0 Å². The first-order chi connectivity index (χ1) is 7.27. The average Bonchev–Trinajstić information content (AvgIpc) is 2.31. The molecule has 0 aliphatic rings. The summed E-state index contributed by atoms with van der Waals surface area (Å²) in [6.07, 6.45) is 1.24. The Morgan fingerprint density at radius 3 is 2.67 bits per heavy atom. The normalized spacial score (nSPS) is 11.5. The molecule has 0 spiro atoms. The SMILES string of the molecule is [C-]#[N+]C(CCc1ccccc1)C(=O)OC. The maximum atomic E-state index is 11.1. The van der Waals surface area contributed by atoms with Crippen molar-refractivity contribution in [2.45, 2.75) is 18.9 Å². The van der Waals surface area contributed by atoms with Crippen molar-refractivity contribution in [3.8, 4) is 0 Å². The minimum absolute atomic E-state index is 0.444. The number of nitrogens with zero attached hydrogens (tertiary/aromatic N) is 1. The third-order valence-corrected chi connectivity index (χ3v) is 2.18. The molecule has 0 saturated carbocycles. The van der Waals surface area contributed by atoms with Gasteiger partial charge in [0, 0.05) is 6.42 Å². The molecule has 1 atom stereocenters. The largest absolute Gasteiger partial charge is 0.463 e. The second kappa shape index (κ2) is 5.82. The van der Waals surface area contributed by atoms with Crippen molar-refractivity contribution in [3.05, 3.63) is 47.3 Å². The summed E-state index contributed by atoms with van der Waals surface area (Å²) in [5, 5.41) is 0. The molecule has 0 radical (unpaired) electrons. The standard InChI is InChI=1S/C12H13NO2/c1-13-11(12(14)15-2)9-8-10-6-4-3-5-7-10/h3-7,11H,8-9H2,2H3. The molecule has 0 N–H and O–H groups in total. The lowest BCUT2D eigenvalue weighted by Gasteiger charge is -2.03. The van der Waals surface area contributed by atoms with Gasteiger partial charge in [-0.15, -0.1) is 0 Å². The van der Waals surface area contributed by atoms with Crippen LogP contribution in [0, 0.1) is 6.57 Å². The lowest BCUT2D eigenvalue weighted by atomic mass is 10.1. The second-order valence-electron chi connectivity index (χ2n) is 3.19. The number of rotatable bonds is 4. The first-order valence-electron chi connectivity index (χ1n) is 4.76. The van der Waals surface area contributed by atoms with Crippen LogP contribution in [-0.4, -0.2) is 19.1 Å². The maximum Gasteiger partial charge on any atom is 0.389 e. The van der Waals surface area contributed by atoms with Crippen LogP contribution in [0.4, 0.5) is 0 Å². The zero-order chi connectivity index (χ0) is 11.1. The van der Waals surface area contributed by atoms with Gasteiger partial charge in [0.1, 0.15) is 0 Å². The molecule has 0 saturated heterocycles. The Bertz CT molecular complexity index is 354. The predicted molar refractivity (Wildman–Crippen MR) is 57.2 cm³/mol. The van der Waals surface area contributed by atoms with E-state index in [-0.39, 0.29) is 0 Å². The van der Waals surface area contributed by atoms with Crippen molar-refractivity contribution in [2.24, 2.45) is 0 Å². The van der Waals surface area contributed by atoms with E-state index in [4.69, 9.17) is 6.57 Å². The zero-order valence-corrected chi connectivity index (χ0v) is 8.64. The van der Waals surface area contributed by atoms with Crippen LogP contribution in [0.25, 0.3) is 4.85 Å². The first-order valence-corrected chi connectivity index (χ1v) is 4.76. The van der Waals surface area contributed by atoms with E-state index in [0.717, 1.165) is 12.0 Å². The predicted octanol–water partition coefficient (Wildman–Crippen LogP) is 2.08. The number of carbonyl (C=O) groups is 1. The summed E-state index contributed by atoms with van der Waals surface area (Å²) in [7, 11) is 1.31. The molecule has 3 nitrogen and oxygen atoms in total. The Kier molecular flexibility index (Phi) is 4.36. The van der Waals surface area contributed by atoms with Crippen LogP contribution in [0.5, 0.6) is 0 Å². The molecule has 1 unspecified atom stereocenters. The molecule has 0 aromatic heterocycles. The maximum absolute atomic E-state index is 11.1. The minimum Gasteiger partial charge on any atom is -0.463 e. The molecular weight excluding hydrogens is 190 g/mol. The molecule has 0 fully saturated rings. The van der Waals surface area contributed by atoms with E-state index in [0.29, 0.717) is 6.42 Å². The number of esters is 1. The van der Waals surface area contributed by atoms with Gasteiger partial charge in [-0.25, -0.2) is 11.4 Å². The summed E-state index contributed by atoms with van der Waals surface area (Å²) in [6, 6.07) is 9.13. The van der Waals surface area contributed by atoms with Crippen molar-refractivity contribution >= 4 is 5.97 Å². The highest BCUT2D eigenvalue weighted by molar-refractivity contribution is 5.77. The lowest BCUT2D eigenvalue weighted by Crippen LogP contribution is -2.19. The first kappa shape index (κ1) is 11.3. The van der Waals surface area contributed by atoms with Crippen molar-refractivity contribution in [2.75, 3.05) is 7.11 Å². The van der Waals surface area contributed by atoms with Crippen LogP contribution >= 0.6 is 0 Å². The zero-order valence-electron chi connectivity index (χ0n) is 8.64. The Morgan fingerprint density at radius 1 is 1.47 bits per heavy atom. The molecule has 3 heteroatoms. The third-order valence-electron chi connectivity index (χ3n) is 2.18. The summed E-state index contributed by atoms with van der Waals surface area (Å²) in [5.41, 5.74) is 1.13. The monoisotopic (exact) mass is 203 g/mol. The van der Waals surface area contributed by atoms with E-state index in [2.05, 4.69) is 9.58 Å². The number of aryl methyl sites for hydroxylation is 1. The van der Waals surface area contributed by atoms with Gasteiger partial charge in [-0.05, 0) is 12.0 Å². The third kappa shape index (κ3) is 3.43. The summed E-state index contributed by atoms with van der Waals surface area (Å²) in [5.74, 6) is -0.444.